The van der Waals surface area contributed by atoms with E-state index in [2.05, 4.69) is 4.90 Å². The van der Waals surface area contributed by atoms with Crippen LogP contribution >= 0.6 is 0 Å². The van der Waals surface area contributed by atoms with Crippen LogP contribution in [0, 0.1) is 10.1 Å². The van der Waals surface area contributed by atoms with Gasteiger partial charge in [0.2, 0.25) is 5.91 Å². The Morgan fingerprint density at radius 3 is 2.60 bits per heavy atom. The average molecular weight is 345 g/mol. The number of likely N-dealkylation sites (tertiary alicyclic amines) is 1. The highest BCUT2D eigenvalue weighted by Crippen LogP contribution is 2.29. The Morgan fingerprint density at radius 1 is 1.20 bits per heavy atom. The number of hydrogen-bond donors (Lipinski definition) is 0. The van der Waals surface area contributed by atoms with Crippen molar-refractivity contribution < 1.29 is 9.72 Å². The predicted octanol–water partition coefficient (Wildman–Crippen LogP) is 3.00. The summed E-state index contributed by atoms with van der Waals surface area (Å²) in [5.41, 5.74) is 0.530. The van der Waals surface area contributed by atoms with Crippen molar-refractivity contribution in [3.8, 4) is 0 Å². The molecular weight excluding hydrogens is 318 g/mol. The van der Waals surface area contributed by atoms with Crippen LogP contribution in [0.25, 0.3) is 0 Å². The molecule has 1 aromatic rings. The number of para-hydroxylation sites is 1. The first kappa shape index (κ1) is 17.9. The topological polar surface area (TPSA) is 66.7 Å². The van der Waals surface area contributed by atoms with Gasteiger partial charge in [0.1, 0.15) is 0 Å². The molecule has 6 nitrogen and oxygen atoms in total. The molecule has 25 heavy (non-hydrogen) atoms. The lowest BCUT2D eigenvalue weighted by Gasteiger charge is -2.42. The van der Waals surface area contributed by atoms with Crippen LogP contribution in [0.5, 0.6) is 0 Å². The summed E-state index contributed by atoms with van der Waals surface area (Å²) in [6, 6.07) is 7.21. The van der Waals surface area contributed by atoms with E-state index in [1.807, 2.05) is 11.9 Å². The molecule has 0 radical (unpaired) electrons. The number of carbonyl (C=O) groups excluding carboxylic acids is 1. The summed E-state index contributed by atoms with van der Waals surface area (Å²) in [5.74, 6) is -0.0228. The molecule has 0 aromatic heterocycles. The summed E-state index contributed by atoms with van der Waals surface area (Å²) >= 11 is 0. The zero-order valence-corrected chi connectivity index (χ0v) is 14.9. The second kappa shape index (κ2) is 7.95. The fourth-order valence-corrected chi connectivity index (χ4v) is 4.35. The van der Waals surface area contributed by atoms with Crippen molar-refractivity contribution in [2.24, 2.45) is 0 Å². The highest BCUT2D eigenvalue weighted by atomic mass is 16.6. The highest BCUT2D eigenvalue weighted by molar-refractivity contribution is 5.80. The Kier molecular flexibility index (Phi) is 5.68. The standard InChI is InChI=1S/C19H27N3O3/c1-20(17-10-4-5-11-18(17)21-12-6-7-13-21)19(23)14-15-8-2-3-9-16(15)22(24)25/h2-3,8-9,17-18H,4-7,10-14H2,1H3/t17-,18+/m1/s1. The number of likely N-dealkylation sites (N-methyl/N-ethyl adjacent to an activating group) is 1. The summed E-state index contributed by atoms with van der Waals surface area (Å²) in [7, 11) is 1.87. The predicted molar refractivity (Wildman–Crippen MR) is 96.4 cm³/mol. The van der Waals surface area contributed by atoms with Gasteiger partial charge in [-0.3, -0.25) is 19.8 Å². The molecule has 0 bridgehead atoms. The van der Waals surface area contributed by atoms with Crippen molar-refractivity contribution in [2.45, 2.75) is 57.0 Å². The summed E-state index contributed by atoms with van der Waals surface area (Å²) in [6.45, 7) is 2.26. The van der Waals surface area contributed by atoms with Crippen LogP contribution in [-0.4, -0.2) is 52.9 Å². The molecule has 0 spiro atoms. The molecule has 1 amide bonds. The largest absolute Gasteiger partial charge is 0.341 e. The summed E-state index contributed by atoms with van der Waals surface area (Å²) in [4.78, 5) is 28.0. The second-order valence-electron chi connectivity index (χ2n) is 7.23. The first-order chi connectivity index (χ1) is 12.1. The summed E-state index contributed by atoms with van der Waals surface area (Å²) in [5, 5.41) is 11.2. The first-order valence-electron chi connectivity index (χ1n) is 9.30. The van der Waals surface area contributed by atoms with E-state index in [1.165, 1.54) is 25.3 Å². The highest BCUT2D eigenvalue weighted by Gasteiger charge is 2.35. The zero-order valence-electron chi connectivity index (χ0n) is 14.9. The van der Waals surface area contributed by atoms with Gasteiger partial charge in [0.15, 0.2) is 0 Å². The summed E-state index contributed by atoms with van der Waals surface area (Å²) < 4.78 is 0. The Hall–Kier alpha value is -1.95. The van der Waals surface area contributed by atoms with Crippen molar-refractivity contribution in [1.82, 2.24) is 9.80 Å². The van der Waals surface area contributed by atoms with Crippen molar-refractivity contribution in [3.05, 3.63) is 39.9 Å². The molecule has 1 aliphatic heterocycles. The number of nitrogens with zero attached hydrogens (tertiary/aromatic N) is 3. The quantitative estimate of drug-likeness (QED) is 0.608. The van der Waals surface area contributed by atoms with E-state index < -0.39 is 4.92 Å². The molecule has 1 aliphatic carbocycles. The van der Waals surface area contributed by atoms with Gasteiger partial charge in [0.05, 0.1) is 11.3 Å². The van der Waals surface area contributed by atoms with E-state index in [9.17, 15) is 14.9 Å². The first-order valence-corrected chi connectivity index (χ1v) is 9.30. The number of hydrogen-bond acceptors (Lipinski definition) is 4. The SMILES string of the molecule is CN(C(=O)Cc1ccccc1[N+](=O)[O-])[C@@H]1CCCC[C@@H]1N1CCCC1. The Labute approximate surface area is 148 Å². The van der Waals surface area contributed by atoms with Gasteiger partial charge < -0.3 is 4.90 Å². The monoisotopic (exact) mass is 345 g/mol. The van der Waals surface area contributed by atoms with Crippen molar-refractivity contribution in [3.63, 3.8) is 0 Å². The van der Waals surface area contributed by atoms with Crippen LogP contribution in [0.1, 0.15) is 44.1 Å². The van der Waals surface area contributed by atoms with Crippen LogP contribution in [0.3, 0.4) is 0 Å². The van der Waals surface area contributed by atoms with Crippen LogP contribution in [0.15, 0.2) is 24.3 Å². The van der Waals surface area contributed by atoms with Crippen LogP contribution in [0.4, 0.5) is 5.69 Å². The summed E-state index contributed by atoms with van der Waals surface area (Å²) in [6.07, 6.45) is 7.14. The molecule has 1 heterocycles. The molecule has 2 fully saturated rings. The van der Waals surface area contributed by atoms with Gasteiger partial charge >= 0.3 is 0 Å². The van der Waals surface area contributed by atoms with Crippen LogP contribution in [-0.2, 0) is 11.2 Å². The molecule has 3 rings (SSSR count). The number of carbonyl (C=O) groups is 1. The van der Waals surface area contributed by atoms with Gasteiger partial charge in [-0.1, -0.05) is 31.0 Å². The van der Waals surface area contributed by atoms with Gasteiger partial charge in [-0.15, -0.1) is 0 Å². The lowest BCUT2D eigenvalue weighted by atomic mass is 9.88. The number of nitro groups is 1. The third kappa shape index (κ3) is 4.00. The Bertz CT molecular complexity index is 628. The molecule has 0 N–H and O–H groups in total. The lowest BCUT2D eigenvalue weighted by Crippen LogP contribution is -2.53. The fourth-order valence-electron chi connectivity index (χ4n) is 4.35. The number of nitro benzene ring substituents is 1. The number of rotatable bonds is 5. The fraction of sp³-hybridized carbons (Fsp3) is 0.632. The minimum absolute atomic E-state index is 0.0228. The van der Waals surface area contributed by atoms with E-state index in [4.69, 9.17) is 0 Å². The smallest absolute Gasteiger partial charge is 0.273 e. The minimum Gasteiger partial charge on any atom is -0.341 e. The number of amides is 1. The molecule has 1 aromatic carbocycles. The van der Waals surface area contributed by atoms with Crippen LogP contribution < -0.4 is 0 Å². The maximum Gasteiger partial charge on any atom is 0.273 e. The van der Waals surface area contributed by atoms with E-state index in [0.717, 1.165) is 32.4 Å². The molecule has 1 saturated heterocycles. The van der Waals surface area contributed by atoms with Gasteiger partial charge in [-0.25, -0.2) is 0 Å². The second-order valence-corrected chi connectivity index (χ2v) is 7.23. The maximum atomic E-state index is 12.8. The molecule has 0 unspecified atom stereocenters. The van der Waals surface area contributed by atoms with E-state index in [0.29, 0.717) is 11.6 Å². The maximum absolute atomic E-state index is 12.8. The Balaban J connectivity index is 1.71. The lowest BCUT2D eigenvalue weighted by molar-refractivity contribution is -0.385. The number of benzene rings is 1. The Morgan fingerprint density at radius 2 is 1.88 bits per heavy atom. The molecule has 6 heteroatoms. The van der Waals surface area contributed by atoms with Gasteiger partial charge in [-0.05, 0) is 38.8 Å². The van der Waals surface area contributed by atoms with Gasteiger partial charge in [-0.2, -0.15) is 0 Å². The molecule has 2 atom stereocenters. The van der Waals surface area contributed by atoms with Gasteiger partial charge in [0, 0.05) is 30.8 Å². The van der Waals surface area contributed by atoms with Gasteiger partial charge in [0.25, 0.3) is 5.69 Å². The third-order valence-electron chi connectivity index (χ3n) is 5.72. The molecule has 1 saturated carbocycles. The molecule has 136 valence electrons. The van der Waals surface area contributed by atoms with Crippen LogP contribution in [0.2, 0.25) is 0 Å². The van der Waals surface area contributed by atoms with E-state index in [-0.39, 0.29) is 24.1 Å². The molecule has 2 aliphatic rings. The molecular formula is C19H27N3O3. The van der Waals surface area contributed by atoms with Crippen molar-refractivity contribution >= 4 is 11.6 Å². The van der Waals surface area contributed by atoms with Crippen molar-refractivity contribution in [2.75, 3.05) is 20.1 Å². The average Bonchev–Trinajstić information content (AvgIpc) is 3.16. The third-order valence-corrected chi connectivity index (χ3v) is 5.72. The normalized spacial score (nSPS) is 24.2. The van der Waals surface area contributed by atoms with E-state index >= 15 is 0 Å². The zero-order chi connectivity index (χ0) is 17.8. The minimum atomic E-state index is -0.406. The van der Waals surface area contributed by atoms with Crippen molar-refractivity contribution in [1.29, 1.82) is 0 Å². The van der Waals surface area contributed by atoms with E-state index in [1.54, 1.807) is 18.2 Å².